The Morgan fingerprint density at radius 1 is 1.03 bits per heavy atom. The fourth-order valence-corrected chi connectivity index (χ4v) is 5.11. The van der Waals surface area contributed by atoms with E-state index in [1.54, 1.807) is 12.1 Å². The fraction of sp³-hybridized carbons (Fsp3) is 0.115. The molecule has 0 saturated carbocycles. The van der Waals surface area contributed by atoms with Gasteiger partial charge in [0.15, 0.2) is 0 Å². The first kappa shape index (κ1) is 23.0. The molecule has 0 spiro atoms. The van der Waals surface area contributed by atoms with Crippen LogP contribution in [0.1, 0.15) is 21.9 Å². The van der Waals surface area contributed by atoms with Gasteiger partial charge in [-0.2, -0.15) is 4.09 Å². The highest BCUT2D eigenvalue weighted by molar-refractivity contribution is 9.10. The van der Waals surface area contributed by atoms with E-state index >= 15 is 0 Å². The molecule has 7 heteroatoms. The van der Waals surface area contributed by atoms with E-state index in [2.05, 4.69) is 27.6 Å². The van der Waals surface area contributed by atoms with Crippen molar-refractivity contribution in [3.8, 4) is 17.0 Å². The lowest BCUT2D eigenvalue weighted by atomic mass is 10.1. The van der Waals surface area contributed by atoms with E-state index in [-0.39, 0.29) is 12.5 Å². The van der Waals surface area contributed by atoms with Crippen LogP contribution in [0, 0.1) is 6.92 Å². The average molecular weight is 523 g/mol. The van der Waals surface area contributed by atoms with Crippen molar-refractivity contribution in [1.82, 2.24) is 9.19 Å². The number of aryl methyl sites for hydroxylation is 1. The van der Waals surface area contributed by atoms with E-state index < -0.39 is 15.3 Å². The van der Waals surface area contributed by atoms with E-state index in [0.29, 0.717) is 11.1 Å². The molecule has 3 aromatic carbocycles. The van der Waals surface area contributed by atoms with E-state index in [4.69, 9.17) is 4.74 Å². The topological polar surface area (TPSA) is 61.2 Å². The molecule has 0 aliphatic carbocycles. The van der Waals surface area contributed by atoms with Crippen molar-refractivity contribution >= 4 is 26.0 Å². The summed E-state index contributed by atoms with van der Waals surface area (Å²) in [5, 5.41) is 3.41. The first-order valence-corrected chi connectivity index (χ1v) is 12.6. The Balaban J connectivity index is 1.75. The molecule has 1 heterocycles. The molecule has 4 rings (SSSR count). The van der Waals surface area contributed by atoms with Gasteiger partial charge in [0, 0.05) is 4.47 Å². The minimum absolute atomic E-state index is 0.247. The van der Waals surface area contributed by atoms with Gasteiger partial charge in [0.05, 0.1) is 11.8 Å². The van der Waals surface area contributed by atoms with Gasteiger partial charge in [-0.1, -0.05) is 94.3 Å². The summed E-state index contributed by atoms with van der Waals surface area (Å²) in [6.07, 6.45) is 2.93. The molecule has 0 radical (unpaired) electrons. The zero-order chi connectivity index (χ0) is 23.4. The van der Waals surface area contributed by atoms with Crippen molar-refractivity contribution in [1.29, 1.82) is 0 Å². The molecule has 5 nitrogen and oxygen atoms in total. The van der Waals surface area contributed by atoms with Gasteiger partial charge in [-0.15, -0.1) is 11.7 Å². The van der Waals surface area contributed by atoms with E-state index in [1.807, 2.05) is 73.7 Å². The molecule has 1 atom stereocenters. The highest BCUT2D eigenvalue weighted by atomic mass is 79.9. The third-order valence-electron chi connectivity index (χ3n) is 5.23. The number of ether oxygens (including phenoxy) is 1. The van der Waals surface area contributed by atoms with Crippen LogP contribution in [0.25, 0.3) is 11.1 Å². The van der Waals surface area contributed by atoms with Crippen LogP contribution >= 0.6 is 15.9 Å². The second-order valence-electron chi connectivity index (χ2n) is 7.61. The molecule has 168 valence electrons. The molecule has 0 saturated heterocycles. The number of aromatic nitrogens is 2. The van der Waals surface area contributed by atoms with Crippen LogP contribution < -0.4 is 4.74 Å². The summed E-state index contributed by atoms with van der Waals surface area (Å²) in [5.74, 6) is 0.247. The number of halogens is 1. The van der Waals surface area contributed by atoms with Gasteiger partial charge in [-0.3, -0.25) is 0 Å². The number of nitrogens with zero attached hydrogens (tertiary/aromatic N) is 2. The summed E-state index contributed by atoms with van der Waals surface area (Å²) >= 11 is 3.44. The summed E-state index contributed by atoms with van der Waals surface area (Å²) in [4.78, 5) is 0. The Bertz CT molecular complexity index is 1350. The molecule has 0 N–H and O–H groups in total. The van der Waals surface area contributed by atoms with Crippen molar-refractivity contribution in [3.05, 3.63) is 119 Å². The quantitative estimate of drug-likeness (QED) is 0.254. The Morgan fingerprint density at radius 3 is 2.33 bits per heavy atom. The monoisotopic (exact) mass is 522 g/mol. The lowest BCUT2D eigenvalue weighted by Gasteiger charge is -2.14. The van der Waals surface area contributed by atoms with Gasteiger partial charge in [0.25, 0.3) is 10.0 Å². The Labute approximate surface area is 202 Å². The summed E-state index contributed by atoms with van der Waals surface area (Å²) in [7, 11) is -3.92. The largest absolute Gasteiger partial charge is 0.471 e. The van der Waals surface area contributed by atoms with Gasteiger partial charge >= 0.3 is 0 Å². The highest BCUT2D eigenvalue weighted by Gasteiger charge is 2.29. The van der Waals surface area contributed by atoms with Gasteiger partial charge in [-0.25, -0.2) is 8.42 Å². The summed E-state index contributed by atoms with van der Waals surface area (Å²) in [5.41, 5.74) is 4.03. The minimum atomic E-state index is -3.92. The molecule has 1 aromatic heterocycles. The van der Waals surface area contributed by atoms with Gasteiger partial charge in [0.1, 0.15) is 11.9 Å². The molecular weight excluding hydrogens is 500 g/mol. The van der Waals surface area contributed by atoms with E-state index in [1.165, 1.54) is 12.3 Å². The predicted molar refractivity (Wildman–Crippen MR) is 135 cm³/mol. The van der Waals surface area contributed by atoms with Crippen LogP contribution in [0.3, 0.4) is 0 Å². The van der Waals surface area contributed by atoms with Crippen LogP contribution in [0.15, 0.2) is 102 Å². The summed E-state index contributed by atoms with van der Waals surface area (Å²) < 4.78 is 35.0. The molecule has 1 unspecified atom stereocenters. The lowest BCUT2D eigenvalue weighted by molar-refractivity contribution is 0.293. The fourth-order valence-electron chi connectivity index (χ4n) is 3.43. The van der Waals surface area contributed by atoms with Crippen LogP contribution in [0.5, 0.6) is 5.88 Å². The minimum Gasteiger partial charge on any atom is -0.471 e. The predicted octanol–water partition coefficient (Wildman–Crippen LogP) is 6.31. The van der Waals surface area contributed by atoms with Crippen LogP contribution in [0.2, 0.25) is 0 Å². The molecule has 4 aromatic rings. The maximum atomic E-state index is 13.5. The zero-order valence-electron chi connectivity index (χ0n) is 18.1. The Kier molecular flexibility index (Phi) is 6.81. The van der Waals surface area contributed by atoms with Crippen LogP contribution in [-0.4, -0.2) is 17.6 Å². The third kappa shape index (κ3) is 5.10. The lowest BCUT2D eigenvalue weighted by Crippen LogP contribution is -2.20. The standard InChI is InChI=1S/C26H23BrN2O3S/c1-3-25(22-11-9-19(2)10-12-22)33(30,31)29-17-24(21-13-15-23(27)16-14-21)26(28-29)32-18-20-7-5-4-6-8-20/h3-17,25H,1,18H2,2H3. The maximum Gasteiger partial charge on any atom is 0.264 e. The van der Waals surface area contributed by atoms with Gasteiger partial charge in [0.2, 0.25) is 5.88 Å². The maximum absolute atomic E-state index is 13.5. The Hall–Kier alpha value is -3.16. The number of hydrogen-bond donors (Lipinski definition) is 0. The molecule has 0 fully saturated rings. The normalized spacial score (nSPS) is 12.3. The molecule has 33 heavy (non-hydrogen) atoms. The van der Waals surface area contributed by atoms with Crippen molar-refractivity contribution < 1.29 is 13.2 Å². The average Bonchev–Trinajstić information content (AvgIpc) is 3.26. The van der Waals surface area contributed by atoms with E-state index in [0.717, 1.165) is 25.3 Å². The van der Waals surface area contributed by atoms with Gasteiger partial charge < -0.3 is 4.74 Å². The van der Waals surface area contributed by atoms with Crippen LogP contribution in [-0.2, 0) is 16.6 Å². The first-order valence-electron chi connectivity index (χ1n) is 10.3. The van der Waals surface area contributed by atoms with Crippen molar-refractivity contribution in [2.24, 2.45) is 0 Å². The van der Waals surface area contributed by atoms with Crippen molar-refractivity contribution in [3.63, 3.8) is 0 Å². The molecule has 0 amide bonds. The second kappa shape index (κ2) is 9.77. The molecular formula is C26H23BrN2O3S. The summed E-state index contributed by atoms with van der Waals surface area (Å²) in [6, 6.07) is 24.6. The van der Waals surface area contributed by atoms with E-state index in [9.17, 15) is 8.42 Å². The molecule has 0 aliphatic rings. The highest BCUT2D eigenvalue weighted by Crippen LogP contribution is 2.33. The number of hydrogen-bond acceptors (Lipinski definition) is 4. The van der Waals surface area contributed by atoms with Gasteiger partial charge in [-0.05, 0) is 35.7 Å². The number of benzene rings is 3. The Morgan fingerprint density at radius 2 is 1.70 bits per heavy atom. The van der Waals surface area contributed by atoms with Crippen LogP contribution in [0.4, 0.5) is 0 Å². The smallest absolute Gasteiger partial charge is 0.264 e. The van der Waals surface area contributed by atoms with Crippen molar-refractivity contribution in [2.45, 2.75) is 18.8 Å². The first-order chi connectivity index (χ1) is 15.9. The number of rotatable bonds is 8. The van der Waals surface area contributed by atoms with Crippen molar-refractivity contribution in [2.75, 3.05) is 0 Å². The second-order valence-corrected chi connectivity index (χ2v) is 10.4. The molecule has 0 bridgehead atoms. The zero-order valence-corrected chi connectivity index (χ0v) is 20.5. The molecule has 0 aliphatic heterocycles. The summed E-state index contributed by atoms with van der Waals surface area (Å²) in [6.45, 7) is 5.99. The SMILES string of the molecule is C=CC(c1ccc(C)cc1)S(=O)(=O)n1cc(-c2ccc(Br)cc2)c(OCc2ccccc2)n1. The third-order valence-corrected chi connectivity index (χ3v) is 7.58.